The first-order valence-corrected chi connectivity index (χ1v) is 3.18. The Balaban J connectivity index is 2.74. The van der Waals surface area contributed by atoms with Crippen molar-refractivity contribution in [2.45, 2.75) is 13.3 Å². The average molecular weight is 152 g/mol. The van der Waals surface area contributed by atoms with E-state index < -0.39 is 5.97 Å². The minimum Gasteiger partial charge on any atom is -0.481 e. The van der Waals surface area contributed by atoms with E-state index in [1.807, 2.05) is 0 Å². The Bertz CT molecular complexity index is 256. The number of carboxylic acid groups (broad SMARTS) is 1. The smallest absolute Gasteiger partial charge is 0.309 e. The molecule has 1 N–H and O–H groups in total. The zero-order valence-corrected chi connectivity index (χ0v) is 6.11. The van der Waals surface area contributed by atoms with Crippen LogP contribution in [0.25, 0.3) is 0 Å². The quantitative estimate of drug-likeness (QED) is 0.666. The van der Waals surface area contributed by atoms with E-state index in [9.17, 15) is 4.79 Å². The molecule has 11 heavy (non-hydrogen) atoms. The third kappa shape index (κ3) is 2.33. The highest BCUT2D eigenvalue weighted by molar-refractivity contribution is 5.69. The highest BCUT2D eigenvalue weighted by Crippen LogP contribution is 1.94. The van der Waals surface area contributed by atoms with Crippen LogP contribution in [-0.2, 0) is 11.2 Å². The number of aliphatic carboxylic acids is 1. The molecule has 0 spiro atoms. The van der Waals surface area contributed by atoms with Crippen molar-refractivity contribution in [3.8, 4) is 0 Å². The van der Waals surface area contributed by atoms with Gasteiger partial charge in [-0.3, -0.25) is 14.8 Å². The molecule has 1 aromatic heterocycles. The van der Waals surface area contributed by atoms with Gasteiger partial charge in [-0.05, 0) is 6.92 Å². The summed E-state index contributed by atoms with van der Waals surface area (Å²) < 4.78 is 0. The van der Waals surface area contributed by atoms with Crippen LogP contribution in [0.2, 0.25) is 0 Å². The van der Waals surface area contributed by atoms with Gasteiger partial charge in [0.1, 0.15) is 0 Å². The van der Waals surface area contributed by atoms with E-state index >= 15 is 0 Å². The van der Waals surface area contributed by atoms with E-state index in [1.165, 1.54) is 6.20 Å². The predicted octanol–water partition coefficient (Wildman–Crippen LogP) is 0.412. The van der Waals surface area contributed by atoms with Crippen LogP contribution in [0.5, 0.6) is 0 Å². The molecule has 0 aliphatic carbocycles. The molecule has 0 saturated heterocycles. The van der Waals surface area contributed by atoms with Crippen LogP contribution in [0.4, 0.5) is 0 Å². The van der Waals surface area contributed by atoms with Gasteiger partial charge in [-0.2, -0.15) is 0 Å². The van der Waals surface area contributed by atoms with Gasteiger partial charge >= 0.3 is 5.97 Å². The molecular weight excluding hydrogens is 144 g/mol. The summed E-state index contributed by atoms with van der Waals surface area (Å²) in [5.41, 5.74) is 1.28. The standard InChI is InChI=1S/C7H8N2O2/c1-5-3-9-6(4-8-5)2-7(10)11/h3-4H,2H2,1H3,(H,10,11). The molecule has 4 heteroatoms. The molecule has 0 radical (unpaired) electrons. The Morgan fingerprint density at radius 3 is 2.73 bits per heavy atom. The van der Waals surface area contributed by atoms with Gasteiger partial charge in [-0.15, -0.1) is 0 Å². The lowest BCUT2D eigenvalue weighted by Gasteiger charge is -1.94. The summed E-state index contributed by atoms with van der Waals surface area (Å²) in [4.78, 5) is 18.0. The first-order chi connectivity index (χ1) is 5.18. The third-order valence-corrected chi connectivity index (χ3v) is 1.17. The number of rotatable bonds is 2. The van der Waals surface area contributed by atoms with Gasteiger partial charge in [0.05, 0.1) is 17.8 Å². The Labute approximate surface area is 63.9 Å². The maximum atomic E-state index is 10.2. The van der Waals surface area contributed by atoms with Gasteiger partial charge in [0.2, 0.25) is 0 Å². The predicted molar refractivity (Wildman–Crippen MR) is 38.1 cm³/mol. The lowest BCUT2D eigenvalue weighted by Crippen LogP contribution is -2.02. The van der Waals surface area contributed by atoms with Gasteiger partial charge in [0.25, 0.3) is 0 Å². The Morgan fingerprint density at radius 2 is 2.27 bits per heavy atom. The topological polar surface area (TPSA) is 63.1 Å². The van der Waals surface area contributed by atoms with Crippen molar-refractivity contribution in [3.05, 3.63) is 23.8 Å². The molecule has 0 atom stereocenters. The van der Waals surface area contributed by atoms with Gasteiger partial charge in [-0.1, -0.05) is 0 Å². The minimum atomic E-state index is -0.886. The number of nitrogens with zero attached hydrogens (tertiary/aromatic N) is 2. The number of carboxylic acids is 1. The van der Waals surface area contributed by atoms with Crippen LogP contribution in [0.15, 0.2) is 12.4 Å². The van der Waals surface area contributed by atoms with E-state index in [4.69, 9.17) is 5.11 Å². The third-order valence-electron chi connectivity index (χ3n) is 1.17. The second-order valence-corrected chi connectivity index (χ2v) is 2.22. The van der Waals surface area contributed by atoms with Crippen LogP contribution in [0.1, 0.15) is 11.4 Å². The number of carbonyl (C=O) groups is 1. The molecule has 0 aromatic carbocycles. The molecule has 0 amide bonds. The zero-order chi connectivity index (χ0) is 8.27. The summed E-state index contributed by atoms with van der Waals surface area (Å²) in [6.07, 6.45) is 2.97. The van der Waals surface area contributed by atoms with Crippen LogP contribution in [0.3, 0.4) is 0 Å². The summed E-state index contributed by atoms with van der Waals surface area (Å²) in [5, 5.41) is 8.37. The molecule has 0 bridgehead atoms. The fourth-order valence-corrected chi connectivity index (χ4v) is 0.666. The van der Waals surface area contributed by atoms with Crippen molar-refractivity contribution in [2.75, 3.05) is 0 Å². The Kier molecular flexibility index (Phi) is 2.15. The second-order valence-electron chi connectivity index (χ2n) is 2.22. The van der Waals surface area contributed by atoms with Crippen molar-refractivity contribution in [2.24, 2.45) is 0 Å². The van der Waals surface area contributed by atoms with Gasteiger partial charge < -0.3 is 5.11 Å². The highest BCUT2D eigenvalue weighted by atomic mass is 16.4. The van der Waals surface area contributed by atoms with Gasteiger partial charge in [0, 0.05) is 12.4 Å². The minimum absolute atomic E-state index is 0.0622. The number of aryl methyl sites for hydroxylation is 1. The number of hydrogen-bond acceptors (Lipinski definition) is 3. The molecule has 1 aromatic rings. The SMILES string of the molecule is Cc1cnc(CC(=O)O)cn1. The van der Waals surface area contributed by atoms with E-state index in [1.54, 1.807) is 13.1 Å². The zero-order valence-electron chi connectivity index (χ0n) is 6.11. The maximum Gasteiger partial charge on any atom is 0.309 e. The highest BCUT2D eigenvalue weighted by Gasteiger charge is 2.00. The average Bonchev–Trinajstić information content (AvgIpc) is 1.93. The summed E-state index contributed by atoms with van der Waals surface area (Å²) in [5.74, 6) is -0.886. The molecule has 4 nitrogen and oxygen atoms in total. The van der Waals surface area contributed by atoms with Crippen LogP contribution in [0, 0.1) is 6.92 Å². The fraction of sp³-hybridized carbons (Fsp3) is 0.286. The Morgan fingerprint density at radius 1 is 1.55 bits per heavy atom. The van der Waals surface area contributed by atoms with E-state index in [2.05, 4.69) is 9.97 Å². The summed E-state index contributed by atoms with van der Waals surface area (Å²) in [6, 6.07) is 0. The van der Waals surface area contributed by atoms with Crippen molar-refractivity contribution in [1.82, 2.24) is 9.97 Å². The lowest BCUT2D eigenvalue weighted by molar-refractivity contribution is -0.136. The normalized spacial score (nSPS) is 9.55. The number of hydrogen-bond donors (Lipinski definition) is 1. The molecule has 0 aliphatic rings. The van der Waals surface area contributed by atoms with Crippen LogP contribution >= 0.6 is 0 Å². The van der Waals surface area contributed by atoms with E-state index in [0.29, 0.717) is 5.69 Å². The van der Waals surface area contributed by atoms with Crippen molar-refractivity contribution in [3.63, 3.8) is 0 Å². The first-order valence-electron chi connectivity index (χ1n) is 3.18. The number of aromatic nitrogens is 2. The molecule has 0 aliphatic heterocycles. The van der Waals surface area contributed by atoms with Crippen molar-refractivity contribution >= 4 is 5.97 Å². The summed E-state index contributed by atoms with van der Waals surface area (Å²) in [7, 11) is 0. The Hall–Kier alpha value is -1.45. The lowest BCUT2D eigenvalue weighted by atomic mass is 10.3. The van der Waals surface area contributed by atoms with E-state index in [0.717, 1.165) is 5.69 Å². The van der Waals surface area contributed by atoms with Crippen LogP contribution in [-0.4, -0.2) is 21.0 Å². The summed E-state index contributed by atoms with van der Waals surface area (Å²) in [6.45, 7) is 1.80. The first kappa shape index (κ1) is 7.65. The molecule has 1 rings (SSSR count). The second kappa shape index (κ2) is 3.09. The van der Waals surface area contributed by atoms with Crippen molar-refractivity contribution in [1.29, 1.82) is 0 Å². The molecule has 0 fully saturated rings. The molecule has 0 saturated carbocycles. The fourth-order valence-electron chi connectivity index (χ4n) is 0.666. The molecule has 0 unspecified atom stereocenters. The summed E-state index contributed by atoms with van der Waals surface area (Å²) >= 11 is 0. The van der Waals surface area contributed by atoms with Gasteiger partial charge in [0.15, 0.2) is 0 Å². The molecular formula is C7H8N2O2. The van der Waals surface area contributed by atoms with Crippen molar-refractivity contribution < 1.29 is 9.90 Å². The molecule has 1 heterocycles. The van der Waals surface area contributed by atoms with Gasteiger partial charge in [-0.25, -0.2) is 0 Å². The largest absolute Gasteiger partial charge is 0.481 e. The van der Waals surface area contributed by atoms with Crippen LogP contribution < -0.4 is 0 Å². The maximum absolute atomic E-state index is 10.2. The van der Waals surface area contributed by atoms with E-state index in [-0.39, 0.29) is 6.42 Å². The molecule has 58 valence electrons. The monoisotopic (exact) mass is 152 g/mol.